The number of hydrogen-bond donors (Lipinski definition) is 3. The van der Waals surface area contributed by atoms with Crippen molar-refractivity contribution in [2.24, 2.45) is 0 Å². The molecule has 1 atom stereocenters. The fourth-order valence-corrected chi connectivity index (χ4v) is 4.50. The molecule has 5 aromatic rings. The van der Waals surface area contributed by atoms with Crippen LogP contribution in [0.1, 0.15) is 25.6 Å². The zero-order valence-electron chi connectivity index (χ0n) is 19.5. The van der Waals surface area contributed by atoms with Gasteiger partial charge in [-0.05, 0) is 32.0 Å². The summed E-state index contributed by atoms with van der Waals surface area (Å²) in [6.07, 6.45) is 4.80. The minimum Gasteiger partial charge on any atom is -0.451 e. The van der Waals surface area contributed by atoms with Gasteiger partial charge < -0.3 is 29.3 Å². The van der Waals surface area contributed by atoms with Gasteiger partial charge in [0.2, 0.25) is 0 Å². The van der Waals surface area contributed by atoms with Crippen molar-refractivity contribution in [1.82, 2.24) is 29.7 Å². The van der Waals surface area contributed by atoms with Gasteiger partial charge in [-0.25, -0.2) is 9.97 Å². The molecule has 11 heteroatoms. The number of nitrogens with one attached hydrogen (secondary N) is 3. The fourth-order valence-electron chi connectivity index (χ4n) is 4.50. The van der Waals surface area contributed by atoms with E-state index in [1.54, 1.807) is 10.9 Å². The van der Waals surface area contributed by atoms with Crippen LogP contribution in [0.5, 0.6) is 0 Å². The topological polar surface area (TPSA) is 130 Å². The molecule has 3 N–H and O–H groups in total. The number of aromatic amines is 2. The predicted octanol–water partition coefficient (Wildman–Crippen LogP) is 3.29. The number of nitrogens with zero attached hydrogens (tertiary/aromatic N) is 5. The average Bonchev–Trinajstić information content (AvgIpc) is 3.63. The molecule has 0 amide bonds. The van der Waals surface area contributed by atoms with Crippen molar-refractivity contribution >= 4 is 33.4 Å². The van der Waals surface area contributed by atoms with E-state index in [-0.39, 0.29) is 11.6 Å². The second kappa shape index (κ2) is 8.58. The maximum Gasteiger partial charge on any atom is 0.261 e. The van der Waals surface area contributed by atoms with Crippen molar-refractivity contribution in [1.29, 1.82) is 0 Å². The van der Waals surface area contributed by atoms with Crippen LogP contribution >= 0.6 is 0 Å². The number of pyridine rings is 1. The second-order valence-corrected chi connectivity index (χ2v) is 8.62. The van der Waals surface area contributed by atoms with Gasteiger partial charge in [0, 0.05) is 31.5 Å². The number of morpholine rings is 1. The summed E-state index contributed by atoms with van der Waals surface area (Å²) in [7, 11) is 0. The van der Waals surface area contributed by atoms with Crippen molar-refractivity contribution in [3.05, 3.63) is 53.1 Å². The van der Waals surface area contributed by atoms with Crippen LogP contribution in [0, 0.1) is 0 Å². The molecule has 4 aromatic heterocycles. The molecule has 1 aliphatic rings. The summed E-state index contributed by atoms with van der Waals surface area (Å²) in [6, 6.07) is 5.88. The lowest BCUT2D eigenvalue weighted by atomic mass is 10.1. The Morgan fingerprint density at radius 3 is 2.83 bits per heavy atom. The van der Waals surface area contributed by atoms with E-state index in [2.05, 4.69) is 37.3 Å². The molecule has 0 saturated carbocycles. The molecule has 1 saturated heterocycles. The number of aromatic nitrogens is 6. The Bertz CT molecular complexity index is 1540. The van der Waals surface area contributed by atoms with Gasteiger partial charge in [-0.2, -0.15) is 5.10 Å². The molecule has 1 fully saturated rings. The van der Waals surface area contributed by atoms with E-state index in [1.165, 1.54) is 6.39 Å². The third kappa shape index (κ3) is 3.83. The highest BCUT2D eigenvalue weighted by Gasteiger charge is 2.23. The molecule has 1 unspecified atom stereocenters. The summed E-state index contributed by atoms with van der Waals surface area (Å²) < 4.78 is 12.4. The molecular formula is C24H26N8O3. The summed E-state index contributed by atoms with van der Waals surface area (Å²) in [6.45, 7) is 7.75. The molecule has 0 spiro atoms. The minimum absolute atomic E-state index is 0.221. The number of imidazole rings is 1. The first-order valence-electron chi connectivity index (χ1n) is 11.7. The van der Waals surface area contributed by atoms with Gasteiger partial charge in [-0.1, -0.05) is 0 Å². The van der Waals surface area contributed by atoms with Crippen molar-refractivity contribution in [3.8, 4) is 11.4 Å². The summed E-state index contributed by atoms with van der Waals surface area (Å²) in [5.74, 6) is 0.475. The number of rotatable bonds is 6. The first kappa shape index (κ1) is 21.4. The number of benzene rings is 1. The second-order valence-electron chi connectivity index (χ2n) is 8.62. The van der Waals surface area contributed by atoms with E-state index < -0.39 is 0 Å². The largest absolute Gasteiger partial charge is 0.451 e. The maximum absolute atomic E-state index is 13.4. The highest BCUT2D eigenvalue weighted by atomic mass is 16.5. The van der Waals surface area contributed by atoms with E-state index in [9.17, 15) is 4.79 Å². The number of anilines is 2. The Balaban J connectivity index is 1.48. The SMILES string of the molecule is CCn1cc2[nH]c(=O)c(-c3nc4ccc(N5CCOCC5)cc4[nH]3)c(NC(C)c3cocn3)c2n1. The highest BCUT2D eigenvalue weighted by Crippen LogP contribution is 2.33. The van der Waals surface area contributed by atoms with Gasteiger partial charge in [-0.3, -0.25) is 9.48 Å². The zero-order valence-corrected chi connectivity index (χ0v) is 19.5. The predicted molar refractivity (Wildman–Crippen MR) is 133 cm³/mol. The van der Waals surface area contributed by atoms with E-state index in [0.29, 0.717) is 47.9 Å². The molecule has 5 heterocycles. The molecule has 1 aromatic carbocycles. The van der Waals surface area contributed by atoms with Gasteiger partial charge in [-0.15, -0.1) is 0 Å². The summed E-state index contributed by atoms with van der Waals surface area (Å²) in [4.78, 5) is 31.0. The zero-order chi connectivity index (χ0) is 23.9. The molecule has 0 bridgehead atoms. The van der Waals surface area contributed by atoms with E-state index in [4.69, 9.17) is 19.2 Å². The van der Waals surface area contributed by atoms with Crippen molar-refractivity contribution in [2.45, 2.75) is 26.4 Å². The first-order valence-corrected chi connectivity index (χ1v) is 11.7. The van der Waals surface area contributed by atoms with Gasteiger partial charge in [0.25, 0.3) is 5.56 Å². The van der Waals surface area contributed by atoms with Crippen LogP contribution in [-0.2, 0) is 11.3 Å². The summed E-state index contributed by atoms with van der Waals surface area (Å²) in [5.41, 5.74) is 5.52. The van der Waals surface area contributed by atoms with Crippen LogP contribution in [0.15, 0.2) is 46.3 Å². The monoisotopic (exact) mass is 474 g/mol. The standard InChI is InChI=1S/C24H26N8O3/c1-3-32-11-18-21(30-32)22(26-14(2)19-12-35-13-25-19)20(24(33)29-18)23-27-16-5-4-15(10-17(16)28-23)31-6-8-34-9-7-31/h4-5,10-14,26H,3,6-9H2,1-2H3,(H,27,28)(H,29,33). The molecule has 1 aliphatic heterocycles. The van der Waals surface area contributed by atoms with Gasteiger partial charge in [0.1, 0.15) is 28.9 Å². The molecule has 0 radical (unpaired) electrons. The number of hydrogen-bond acceptors (Lipinski definition) is 8. The van der Waals surface area contributed by atoms with Crippen LogP contribution in [-0.4, -0.2) is 56.0 Å². The lowest BCUT2D eigenvalue weighted by Crippen LogP contribution is -2.36. The molecule has 0 aliphatic carbocycles. The molecule has 180 valence electrons. The van der Waals surface area contributed by atoms with Crippen molar-refractivity contribution in [3.63, 3.8) is 0 Å². The normalized spacial score (nSPS) is 15.2. The average molecular weight is 475 g/mol. The number of oxazole rings is 1. The van der Waals surface area contributed by atoms with E-state index >= 15 is 0 Å². The fraction of sp³-hybridized carbons (Fsp3) is 0.333. The van der Waals surface area contributed by atoms with Crippen LogP contribution in [0.4, 0.5) is 11.4 Å². The van der Waals surface area contributed by atoms with Gasteiger partial charge >= 0.3 is 0 Å². The van der Waals surface area contributed by atoms with E-state index in [0.717, 1.165) is 35.5 Å². The number of fused-ring (bicyclic) bond motifs is 2. The lowest BCUT2D eigenvalue weighted by molar-refractivity contribution is 0.122. The third-order valence-electron chi connectivity index (χ3n) is 6.38. The van der Waals surface area contributed by atoms with Crippen LogP contribution < -0.4 is 15.8 Å². The van der Waals surface area contributed by atoms with E-state index in [1.807, 2.05) is 26.1 Å². The van der Waals surface area contributed by atoms with Crippen molar-refractivity contribution < 1.29 is 9.15 Å². The number of ether oxygens (including phenoxy) is 1. The third-order valence-corrected chi connectivity index (χ3v) is 6.38. The maximum atomic E-state index is 13.4. The Morgan fingerprint density at radius 2 is 2.06 bits per heavy atom. The van der Waals surface area contributed by atoms with Crippen LogP contribution in [0.25, 0.3) is 33.5 Å². The van der Waals surface area contributed by atoms with Gasteiger partial charge in [0.15, 0.2) is 6.39 Å². The molecule has 35 heavy (non-hydrogen) atoms. The smallest absolute Gasteiger partial charge is 0.261 e. The van der Waals surface area contributed by atoms with Crippen molar-refractivity contribution in [2.75, 3.05) is 36.5 Å². The first-order chi connectivity index (χ1) is 17.1. The molecular weight excluding hydrogens is 448 g/mol. The Hall–Kier alpha value is -4.12. The lowest BCUT2D eigenvalue weighted by Gasteiger charge is -2.28. The van der Waals surface area contributed by atoms with Gasteiger partial charge in [0.05, 0.1) is 41.5 Å². The van der Waals surface area contributed by atoms with Crippen LogP contribution in [0.3, 0.4) is 0 Å². The summed E-state index contributed by atoms with van der Waals surface area (Å²) in [5, 5.41) is 8.14. The summed E-state index contributed by atoms with van der Waals surface area (Å²) >= 11 is 0. The quantitative estimate of drug-likeness (QED) is 0.342. The minimum atomic E-state index is -0.254. The Kier molecular flexibility index (Phi) is 5.25. The Morgan fingerprint density at radius 1 is 1.20 bits per heavy atom. The van der Waals surface area contributed by atoms with Crippen LogP contribution in [0.2, 0.25) is 0 Å². The molecule has 11 nitrogen and oxygen atoms in total. The molecule has 6 rings (SSSR count). The number of H-pyrrole nitrogens is 2. The highest BCUT2D eigenvalue weighted by molar-refractivity contribution is 5.96. The number of aryl methyl sites for hydroxylation is 1. The Labute approximate surface area is 200 Å².